The van der Waals surface area contributed by atoms with Gasteiger partial charge in [0.05, 0.1) is 17.3 Å². The number of furan rings is 1. The Morgan fingerprint density at radius 2 is 2.05 bits per heavy atom. The van der Waals surface area contributed by atoms with Gasteiger partial charge in [-0.25, -0.2) is 4.79 Å². The lowest BCUT2D eigenvalue weighted by atomic mass is 10.0. The Labute approximate surface area is 138 Å². The lowest BCUT2D eigenvalue weighted by Gasteiger charge is -2.21. The summed E-state index contributed by atoms with van der Waals surface area (Å²) in [6.45, 7) is 3.31. The van der Waals surface area contributed by atoms with E-state index in [1.54, 1.807) is 38.1 Å². The van der Waals surface area contributed by atoms with Crippen LogP contribution >= 0.6 is 23.2 Å². The molecule has 118 valence electrons. The summed E-state index contributed by atoms with van der Waals surface area (Å²) in [7, 11) is 0. The van der Waals surface area contributed by atoms with Crippen LogP contribution in [0.5, 0.6) is 0 Å². The molecule has 5 nitrogen and oxygen atoms in total. The first-order valence-corrected chi connectivity index (χ1v) is 7.33. The second-order valence-electron chi connectivity index (χ2n) is 5.12. The number of urea groups is 1. The summed E-state index contributed by atoms with van der Waals surface area (Å²) in [5.41, 5.74) is -0.927. The quantitative estimate of drug-likeness (QED) is 0.788. The van der Waals surface area contributed by atoms with Crippen LogP contribution in [0.25, 0.3) is 0 Å². The number of nitrogens with one attached hydrogen (secondary N) is 2. The van der Waals surface area contributed by atoms with Crippen LogP contribution in [0.3, 0.4) is 0 Å². The van der Waals surface area contributed by atoms with Crippen molar-refractivity contribution in [2.24, 2.45) is 0 Å². The number of aryl methyl sites for hydroxylation is 1. The summed E-state index contributed by atoms with van der Waals surface area (Å²) in [5.74, 6) is 1.07. The number of halogens is 2. The highest BCUT2D eigenvalue weighted by atomic mass is 35.5. The number of carbonyl (C=O) groups is 1. The monoisotopic (exact) mass is 342 g/mol. The summed E-state index contributed by atoms with van der Waals surface area (Å²) in [6, 6.07) is 7.65. The van der Waals surface area contributed by atoms with Crippen molar-refractivity contribution < 1.29 is 14.3 Å². The van der Waals surface area contributed by atoms with Crippen LogP contribution in [0.1, 0.15) is 18.4 Å². The van der Waals surface area contributed by atoms with E-state index in [9.17, 15) is 9.90 Å². The molecule has 0 aliphatic carbocycles. The second-order valence-corrected chi connectivity index (χ2v) is 5.96. The molecule has 0 bridgehead atoms. The fourth-order valence-corrected chi connectivity index (χ4v) is 2.16. The van der Waals surface area contributed by atoms with Crippen molar-refractivity contribution in [2.75, 3.05) is 11.9 Å². The zero-order valence-electron chi connectivity index (χ0n) is 12.1. The third kappa shape index (κ3) is 4.16. The molecule has 1 heterocycles. The van der Waals surface area contributed by atoms with Gasteiger partial charge in [-0.1, -0.05) is 23.2 Å². The van der Waals surface area contributed by atoms with E-state index in [4.69, 9.17) is 27.6 Å². The van der Waals surface area contributed by atoms with Crippen molar-refractivity contribution in [2.45, 2.75) is 19.4 Å². The van der Waals surface area contributed by atoms with Crippen LogP contribution in [0, 0.1) is 6.92 Å². The van der Waals surface area contributed by atoms with Crippen molar-refractivity contribution >= 4 is 34.9 Å². The van der Waals surface area contributed by atoms with Gasteiger partial charge in [-0.3, -0.25) is 0 Å². The molecule has 1 aromatic heterocycles. The summed E-state index contributed by atoms with van der Waals surface area (Å²) < 4.78 is 5.37. The third-order valence-corrected chi connectivity index (χ3v) is 3.61. The van der Waals surface area contributed by atoms with Gasteiger partial charge in [-0.2, -0.15) is 0 Å². The molecule has 0 aliphatic heterocycles. The van der Waals surface area contributed by atoms with Crippen LogP contribution in [-0.4, -0.2) is 17.7 Å². The average molecular weight is 343 g/mol. The number of carbonyl (C=O) groups excluding carboxylic acids is 1. The molecular weight excluding hydrogens is 327 g/mol. The number of hydrogen-bond acceptors (Lipinski definition) is 3. The largest absolute Gasteiger partial charge is 0.463 e. The molecule has 2 rings (SSSR count). The van der Waals surface area contributed by atoms with Crippen molar-refractivity contribution in [1.29, 1.82) is 0 Å². The van der Waals surface area contributed by atoms with Crippen molar-refractivity contribution in [3.8, 4) is 0 Å². The number of benzene rings is 1. The standard InChI is InChI=1S/C15H16Cl2N2O3/c1-9-3-6-13(22-9)15(2,21)8-18-14(20)19-12-7-10(16)4-5-11(12)17/h3-7,21H,8H2,1-2H3,(H2,18,19,20). The molecule has 7 heteroatoms. The molecule has 1 aromatic carbocycles. The van der Waals surface area contributed by atoms with Gasteiger partial charge in [-0.05, 0) is 44.2 Å². The fraction of sp³-hybridized carbons (Fsp3) is 0.267. The van der Waals surface area contributed by atoms with Gasteiger partial charge in [-0.15, -0.1) is 0 Å². The van der Waals surface area contributed by atoms with E-state index in [0.29, 0.717) is 27.3 Å². The maximum Gasteiger partial charge on any atom is 0.319 e. The number of rotatable bonds is 4. The zero-order chi connectivity index (χ0) is 16.3. The summed E-state index contributed by atoms with van der Waals surface area (Å²) in [6.07, 6.45) is 0. The third-order valence-electron chi connectivity index (χ3n) is 3.04. The zero-order valence-corrected chi connectivity index (χ0v) is 13.6. The first kappa shape index (κ1) is 16.7. The highest BCUT2D eigenvalue weighted by Crippen LogP contribution is 2.25. The highest BCUT2D eigenvalue weighted by molar-refractivity contribution is 6.35. The maximum atomic E-state index is 11.9. The number of anilines is 1. The molecule has 0 aliphatic rings. The van der Waals surface area contributed by atoms with E-state index < -0.39 is 11.6 Å². The normalized spacial score (nSPS) is 13.5. The Balaban J connectivity index is 1.96. The van der Waals surface area contributed by atoms with Gasteiger partial charge >= 0.3 is 6.03 Å². The summed E-state index contributed by atoms with van der Waals surface area (Å²) in [5, 5.41) is 16.3. The number of hydrogen-bond donors (Lipinski definition) is 3. The van der Waals surface area contributed by atoms with Crippen LogP contribution in [0.15, 0.2) is 34.7 Å². The molecule has 3 N–H and O–H groups in total. The van der Waals surface area contributed by atoms with E-state index >= 15 is 0 Å². The van der Waals surface area contributed by atoms with Gasteiger partial charge in [0.2, 0.25) is 0 Å². The van der Waals surface area contributed by atoms with Gasteiger partial charge in [0.1, 0.15) is 17.1 Å². The molecule has 1 unspecified atom stereocenters. The lowest BCUT2D eigenvalue weighted by Crippen LogP contribution is -2.40. The maximum absolute atomic E-state index is 11.9. The minimum Gasteiger partial charge on any atom is -0.463 e. The smallest absolute Gasteiger partial charge is 0.319 e. The Morgan fingerprint density at radius 3 is 2.68 bits per heavy atom. The first-order valence-electron chi connectivity index (χ1n) is 6.57. The summed E-state index contributed by atoms with van der Waals surface area (Å²) in [4.78, 5) is 11.9. The molecule has 0 saturated heterocycles. The second kappa shape index (κ2) is 6.60. The topological polar surface area (TPSA) is 74.5 Å². The van der Waals surface area contributed by atoms with Crippen molar-refractivity contribution in [3.63, 3.8) is 0 Å². The van der Waals surface area contributed by atoms with Crippen molar-refractivity contribution in [1.82, 2.24) is 5.32 Å². The van der Waals surface area contributed by atoms with Crippen LogP contribution in [0.2, 0.25) is 10.0 Å². The van der Waals surface area contributed by atoms with Gasteiger partial charge in [0.25, 0.3) is 0 Å². The predicted octanol–water partition coefficient (Wildman–Crippen LogP) is 3.92. The first-order chi connectivity index (χ1) is 10.3. The molecule has 0 saturated carbocycles. The average Bonchev–Trinajstić information content (AvgIpc) is 2.88. The minimum atomic E-state index is -1.32. The fourth-order valence-electron chi connectivity index (χ4n) is 1.82. The lowest BCUT2D eigenvalue weighted by molar-refractivity contribution is 0.0364. The molecule has 22 heavy (non-hydrogen) atoms. The minimum absolute atomic E-state index is 0.0238. The van der Waals surface area contributed by atoms with Gasteiger partial charge < -0.3 is 20.2 Å². The Morgan fingerprint density at radius 1 is 1.32 bits per heavy atom. The van der Waals surface area contributed by atoms with Crippen LogP contribution in [0.4, 0.5) is 10.5 Å². The van der Waals surface area contributed by atoms with Gasteiger partial charge in [0, 0.05) is 5.02 Å². The van der Waals surface area contributed by atoms with Crippen molar-refractivity contribution in [3.05, 3.63) is 51.9 Å². The molecule has 1 atom stereocenters. The SMILES string of the molecule is Cc1ccc(C(C)(O)CNC(=O)Nc2cc(Cl)ccc2Cl)o1. The molecule has 0 spiro atoms. The highest BCUT2D eigenvalue weighted by Gasteiger charge is 2.27. The summed E-state index contributed by atoms with van der Waals surface area (Å²) >= 11 is 11.8. The van der Waals surface area contributed by atoms with E-state index in [2.05, 4.69) is 10.6 Å². The predicted molar refractivity (Wildman–Crippen MR) is 86.5 cm³/mol. The van der Waals surface area contributed by atoms with Crippen LogP contribution < -0.4 is 10.6 Å². The Kier molecular flexibility index (Phi) is 5.01. The Hall–Kier alpha value is -1.69. The van der Waals surface area contributed by atoms with E-state index in [0.717, 1.165) is 0 Å². The molecule has 0 radical (unpaired) electrons. The van der Waals surface area contributed by atoms with E-state index in [1.165, 1.54) is 6.07 Å². The Bertz CT molecular complexity index is 683. The molecular formula is C15H16Cl2N2O3. The van der Waals surface area contributed by atoms with Crippen LogP contribution in [-0.2, 0) is 5.60 Å². The van der Waals surface area contributed by atoms with E-state index in [1.807, 2.05) is 0 Å². The van der Waals surface area contributed by atoms with E-state index in [-0.39, 0.29) is 6.54 Å². The molecule has 2 aromatic rings. The molecule has 0 fully saturated rings. The number of aliphatic hydroxyl groups is 1. The molecule has 2 amide bonds. The number of amides is 2. The van der Waals surface area contributed by atoms with Gasteiger partial charge in [0.15, 0.2) is 0 Å².